The molecule has 25 heavy (non-hydrogen) atoms. The number of methoxy groups -OCH3 is 1. The van der Waals surface area contributed by atoms with Crippen LogP contribution in [-0.4, -0.2) is 34.9 Å². The summed E-state index contributed by atoms with van der Waals surface area (Å²) in [6.07, 6.45) is 7.61. The van der Waals surface area contributed by atoms with Gasteiger partial charge in [-0.3, -0.25) is 9.69 Å². The van der Waals surface area contributed by atoms with E-state index in [4.69, 9.17) is 21.7 Å². The maximum absolute atomic E-state index is 12.8. The fourth-order valence-corrected chi connectivity index (χ4v) is 4.74. The number of thioether (sulfide) groups is 1. The first-order valence-electron chi connectivity index (χ1n) is 8.72. The van der Waals surface area contributed by atoms with Gasteiger partial charge < -0.3 is 9.47 Å². The van der Waals surface area contributed by atoms with Gasteiger partial charge in [0, 0.05) is 6.04 Å². The highest BCUT2D eigenvalue weighted by Gasteiger charge is 2.37. The van der Waals surface area contributed by atoms with Crippen LogP contribution in [-0.2, 0) is 4.79 Å². The number of nitrogens with zero attached hydrogens (tertiary/aromatic N) is 1. The zero-order valence-corrected chi connectivity index (χ0v) is 16.3. The fraction of sp³-hybridized carbons (Fsp3) is 0.474. The molecule has 1 saturated heterocycles. The number of thiocarbonyl (C=S) groups is 1. The molecule has 1 aliphatic carbocycles. The second kappa shape index (κ2) is 8.23. The lowest BCUT2D eigenvalue weighted by molar-refractivity contribution is -0.124. The third-order valence-electron chi connectivity index (χ3n) is 4.55. The summed E-state index contributed by atoms with van der Waals surface area (Å²) in [4.78, 5) is 15.4. The first-order chi connectivity index (χ1) is 12.1. The molecule has 3 rings (SSSR count). The summed E-state index contributed by atoms with van der Waals surface area (Å²) in [7, 11) is 1.62. The maximum Gasteiger partial charge on any atom is 0.266 e. The highest BCUT2D eigenvalue weighted by molar-refractivity contribution is 8.26. The molecule has 0 unspecified atom stereocenters. The van der Waals surface area contributed by atoms with Crippen molar-refractivity contribution in [3.63, 3.8) is 0 Å². The lowest BCUT2D eigenvalue weighted by Gasteiger charge is -2.29. The fourth-order valence-electron chi connectivity index (χ4n) is 3.34. The number of rotatable bonds is 5. The molecule has 2 fully saturated rings. The Labute approximate surface area is 158 Å². The van der Waals surface area contributed by atoms with Crippen molar-refractivity contribution < 1.29 is 14.3 Å². The van der Waals surface area contributed by atoms with Crippen molar-refractivity contribution in [1.82, 2.24) is 4.90 Å². The van der Waals surface area contributed by atoms with Crippen LogP contribution in [0.1, 0.15) is 44.6 Å². The molecule has 2 aliphatic rings. The van der Waals surface area contributed by atoms with Crippen LogP contribution in [0.2, 0.25) is 0 Å². The molecular weight excluding hydrogens is 354 g/mol. The number of ether oxygens (including phenoxy) is 2. The molecule has 0 aromatic heterocycles. The summed E-state index contributed by atoms with van der Waals surface area (Å²) >= 11 is 6.88. The zero-order chi connectivity index (χ0) is 17.8. The van der Waals surface area contributed by atoms with Gasteiger partial charge >= 0.3 is 0 Å². The summed E-state index contributed by atoms with van der Waals surface area (Å²) < 4.78 is 11.6. The topological polar surface area (TPSA) is 38.8 Å². The SMILES string of the molecule is CCOc1cc(/C=C2\SC(=S)N(C3CCCCC3)C2=O)ccc1OC. The van der Waals surface area contributed by atoms with E-state index in [1.165, 1.54) is 31.0 Å². The summed E-state index contributed by atoms with van der Waals surface area (Å²) in [5.74, 6) is 1.41. The van der Waals surface area contributed by atoms with Crippen molar-refractivity contribution in [3.05, 3.63) is 28.7 Å². The maximum atomic E-state index is 12.8. The largest absolute Gasteiger partial charge is 0.493 e. The average Bonchev–Trinajstić information content (AvgIpc) is 2.90. The third kappa shape index (κ3) is 4.01. The van der Waals surface area contributed by atoms with Gasteiger partial charge in [-0.15, -0.1) is 0 Å². The van der Waals surface area contributed by atoms with Crippen molar-refractivity contribution in [2.24, 2.45) is 0 Å². The zero-order valence-electron chi connectivity index (χ0n) is 14.6. The third-order valence-corrected chi connectivity index (χ3v) is 5.88. The van der Waals surface area contributed by atoms with Crippen LogP contribution in [0.25, 0.3) is 6.08 Å². The molecule has 1 aromatic carbocycles. The molecule has 1 amide bonds. The summed E-state index contributed by atoms with van der Waals surface area (Å²) in [5, 5.41) is 0. The lowest BCUT2D eigenvalue weighted by Crippen LogP contribution is -2.39. The van der Waals surface area contributed by atoms with Gasteiger partial charge in [0.05, 0.1) is 18.6 Å². The highest BCUT2D eigenvalue weighted by atomic mass is 32.2. The van der Waals surface area contributed by atoms with Crippen molar-refractivity contribution in [3.8, 4) is 11.5 Å². The van der Waals surface area contributed by atoms with E-state index in [2.05, 4.69) is 0 Å². The number of benzene rings is 1. The van der Waals surface area contributed by atoms with Crippen molar-refractivity contribution in [2.45, 2.75) is 45.1 Å². The molecule has 134 valence electrons. The molecule has 0 atom stereocenters. The average molecular weight is 378 g/mol. The Bertz CT molecular complexity index is 696. The molecule has 0 radical (unpaired) electrons. The molecule has 0 bridgehead atoms. The van der Waals surface area contributed by atoms with Crippen LogP contribution in [0.3, 0.4) is 0 Å². The van der Waals surface area contributed by atoms with Gasteiger partial charge in [0.1, 0.15) is 4.32 Å². The Morgan fingerprint density at radius 1 is 1.28 bits per heavy atom. The van der Waals surface area contributed by atoms with Gasteiger partial charge in [0.25, 0.3) is 5.91 Å². The van der Waals surface area contributed by atoms with E-state index >= 15 is 0 Å². The molecule has 1 aromatic rings. The number of amides is 1. The van der Waals surface area contributed by atoms with Crippen LogP contribution in [0, 0.1) is 0 Å². The lowest BCUT2D eigenvalue weighted by atomic mass is 9.94. The molecule has 1 aliphatic heterocycles. The van der Waals surface area contributed by atoms with E-state index in [0.717, 1.165) is 18.4 Å². The van der Waals surface area contributed by atoms with Crippen molar-refractivity contribution in [1.29, 1.82) is 0 Å². The molecule has 1 heterocycles. The first kappa shape index (κ1) is 18.3. The van der Waals surface area contributed by atoms with Crippen LogP contribution in [0.15, 0.2) is 23.1 Å². The Hall–Kier alpha value is -1.53. The van der Waals surface area contributed by atoms with Crippen LogP contribution >= 0.6 is 24.0 Å². The monoisotopic (exact) mass is 377 g/mol. The van der Waals surface area contributed by atoms with E-state index in [0.29, 0.717) is 27.3 Å². The van der Waals surface area contributed by atoms with E-state index in [1.807, 2.05) is 36.1 Å². The van der Waals surface area contributed by atoms with Crippen LogP contribution in [0.5, 0.6) is 11.5 Å². The van der Waals surface area contributed by atoms with Gasteiger partial charge in [-0.1, -0.05) is 49.3 Å². The summed E-state index contributed by atoms with van der Waals surface area (Å²) in [5.41, 5.74) is 0.911. The quantitative estimate of drug-likeness (QED) is 0.553. The number of carbonyl (C=O) groups is 1. The van der Waals surface area contributed by atoms with Gasteiger partial charge in [0.2, 0.25) is 0 Å². The predicted molar refractivity (Wildman–Crippen MR) is 106 cm³/mol. The number of hydrogen-bond acceptors (Lipinski definition) is 5. The standard InChI is InChI=1S/C19H23NO3S2/c1-3-23-16-11-13(9-10-15(16)22-2)12-17-18(21)20(19(24)25-17)14-7-5-4-6-8-14/h9-12,14H,3-8H2,1-2H3/b17-12-. The van der Waals surface area contributed by atoms with Crippen molar-refractivity contribution in [2.75, 3.05) is 13.7 Å². The van der Waals surface area contributed by atoms with E-state index in [-0.39, 0.29) is 11.9 Å². The van der Waals surface area contributed by atoms with Crippen molar-refractivity contribution >= 4 is 40.3 Å². The molecular formula is C19H23NO3S2. The summed E-state index contributed by atoms with van der Waals surface area (Å²) in [6.45, 7) is 2.49. The second-order valence-corrected chi connectivity index (χ2v) is 7.86. The molecule has 1 saturated carbocycles. The second-order valence-electron chi connectivity index (χ2n) is 6.19. The molecule has 0 spiro atoms. The van der Waals surface area contributed by atoms with Crippen LogP contribution < -0.4 is 9.47 Å². The Morgan fingerprint density at radius 2 is 2.04 bits per heavy atom. The van der Waals surface area contributed by atoms with E-state index in [9.17, 15) is 4.79 Å². The van der Waals surface area contributed by atoms with Gasteiger partial charge in [0.15, 0.2) is 11.5 Å². The first-order valence-corrected chi connectivity index (χ1v) is 9.94. The minimum Gasteiger partial charge on any atom is -0.493 e. The number of carbonyl (C=O) groups excluding carboxylic acids is 1. The van der Waals surface area contributed by atoms with Gasteiger partial charge in [-0.2, -0.15) is 0 Å². The van der Waals surface area contributed by atoms with E-state index < -0.39 is 0 Å². The molecule has 6 heteroatoms. The smallest absolute Gasteiger partial charge is 0.266 e. The molecule has 0 N–H and O–H groups in total. The van der Waals surface area contributed by atoms with Gasteiger partial charge in [-0.25, -0.2) is 0 Å². The van der Waals surface area contributed by atoms with E-state index in [1.54, 1.807) is 7.11 Å². The number of hydrogen-bond donors (Lipinski definition) is 0. The normalized spacial score (nSPS) is 20.4. The minimum atomic E-state index is 0.0377. The Morgan fingerprint density at radius 3 is 2.72 bits per heavy atom. The predicted octanol–water partition coefficient (Wildman–Crippen LogP) is 4.63. The molecule has 4 nitrogen and oxygen atoms in total. The Kier molecular flexibility index (Phi) is 6.02. The van der Waals surface area contributed by atoms with Crippen LogP contribution in [0.4, 0.5) is 0 Å². The summed E-state index contributed by atoms with van der Waals surface area (Å²) in [6, 6.07) is 5.95. The van der Waals surface area contributed by atoms with Gasteiger partial charge in [-0.05, 0) is 43.5 Å². The highest BCUT2D eigenvalue weighted by Crippen LogP contribution is 2.38. The minimum absolute atomic E-state index is 0.0377. The Balaban J connectivity index is 1.83.